The van der Waals surface area contributed by atoms with E-state index in [9.17, 15) is 4.79 Å². The van der Waals surface area contributed by atoms with Crippen LogP contribution in [0.4, 0.5) is 0 Å². The highest BCUT2D eigenvalue weighted by Crippen LogP contribution is 2.37. The maximum atomic E-state index is 11.1. The number of tetrazole rings is 1. The predicted octanol–water partition coefficient (Wildman–Crippen LogP) is 0.364. The molecule has 1 saturated carbocycles. The zero-order valence-corrected chi connectivity index (χ0v) is 9.28. The maximum absolute atomic E-state index is 11.1. The Bertz CT molecular complexity index is 362. The van der Waals surface area contributed by atoms with Gasteiger partial charge in [0.25, 0.3) is 0 Å². The molecule has 6 nitrogen and oxygen atoms in total. The monoisotopic (exact) mass is 227 g/mol. The minimum absolute atomic E-state index is 0.242. The summed E-state index contributed by atoms with van der Waals surface area (Å²) in [6.45, 7) is 1.92. The molecule has 15 heavy (non-hydrogen) atoms. The van der Waals surface area contributed by atoms with E-state index in [1.54, 1.807) is 4.68 Å². The normalized spacial score (nSPS) is 17.7. The van der Waals surface area contributed by atoms with Gasteiger partial charge in [0.05, 0.1) is 11.3 Å². The van der Waals surface area contributed by atoms with Crippen molar-refractivity contribution in [3.8, 4) is 0 Å². The second-order valence-corrected chi connectivity index (χ2v) is 4.72. The minimum atomic E-state index is -0.312. The minimum Gasteiger partial charge on any atom is -0.369 e. The van der Waals surface area contributed by atoms with Gasteiger partial charge in [-0.1, -0.05) is 18.7 Å². The fourth-order valence-electron chi connectivity index (χ4n) is 1.28. The Morgan fingerprint density at radius 3 is 3.00 bits per heavy atom. The van der Waals surface area contributed by atoms with Crippen LogP contribution >= 0.6 is 11.8 Å². The molecule has 82 valence electrons. The number of nitrogens with zero attached hydrogens (tertiary/aromatic N) is 4. The summed E-state index contributed by atoms with van der Waals surface area (Å²) in [5.74, 6) is -0.312. The summed E-state index contributed by atoms with van der Waals surface area (Å²) < 4.78 is 1.79. The van der Waals surface area contributed by atoms with Gasteiger partial charge in [0.1, 0.15) is 0 Å². The Morgan fingerprint density at radius 2 is 2.47 bits per heavy atom. The first kappa shape index (κ1) is 10.4. The highest BCUT2D eigenvalue weighted by molar-refractivity contribution is 8.00. The molecule has 1 aliphatic carbocycles. The number of carbonyl (C=O) groups excluding carboxylic acids is 1. The molecule has 2 rings (SSSR count). The highest BCUT2D eigenvalue weighted by atomic mass is 32.2. The number of primary amides is 1. The molecule has 1 aromatic heterocycles. The van der Waals surface area contributed by atoms with E-state index in [-0.39, 0.29) is 11.2 Å². The number of aromatic nitrogens is 4. The van der Waals surface area contributed by atoms with Crippen LogP contribution < -0.4 is 5.73 Å². The largest absolute Gasteiger partial charge is 0.369 e. The van der Waals surface area contributed by atoms with Crippen molar-refractivity contribution in [1.82, 2.24) is 20.2 Å². The van der Waals surface area contributed by atoms with Gasteiger partial charge in [0, 0.05) is 0 Å². The lowest BCUT2D eigenvalue weighted by molar-refractivity contribution is -0.117. The lowest BCUT2D eigenvalue weighted by Crippen LogP contribution is -2.25. The molecule has 0 saturated heterocycles. The summed E-state index contributed by atoms with van der Waals surface area (Å²) in [6, 6.07) is 0.424. The molecule has 1 unspecified atom stereocenters. The van der Waals surface area contributed by atoms with Crippen molar-refractivity contribution in [2.75, 3.05) is 0 Å². The van der Waals surface area contributed by atoms with Gasteiger partial charge < -0.3 is 5.73 Å². The highest BCUT2D eigenvalue weighted by Gasteiger charge is 2.29. The van der Waals surface area contributed by atoms with Crippen molar-refractivity contribution in [3.05, 3.63) is 0 Å². The van der Waals surface area contributed by atoms with Crippen LogP contribution in [0.5, 0.6) is 0 Å². The Kier molecular flexibility index (Phi) is 2.90. The fraction of sp³-hybridized carbons (Fsp3) is 0.750. The van der Waals surface area contributed by atoms with Gasteiger partial charge in [-0.25, -0.2) is 4.68 Å². The third-order valence-corrected chi connectivity index (χ3v) is 3.62. The molecular weight excluding hydrogens is 214 g/mol. The number of amides is 1. The van der Waals surface area contributed by atoms with E-state index in [4.69, 9.17) is 5.73 Å². The Balaban J connectivity index is 2.08. The quantitative estimate of drug-likeness (QED) is 0.734. The van der Waals surface area contributed by atoms with E-state index in [2.05, 4.69) is 15.5 Å². The molecule has 1 aromatic rings. The first-order valence-electron chi connectivity index (χ1n) is 4.96. The third-order valence-electron chi connectivity index (χ3n) is 2.29. The standard InChI is InChI=1S/C8H13N5OS/c1-2-6(7(9)14)15-8-10-11-12-13(8)5-3-4-5/h5-6H,2-4H2,1H3,(H2,9,14). The van der Waals surface area contributed by atoms with Crippen LogP contribution in [0.3, 0.4) is 0 Å². The van der Waals surface area contributed by atoms with Crippen LogP contribution in [-0.2, 0) is 4.79 Å². The zero-order chi connectivity index (χ0) is 10.8. The van der Waals surface area contributed by atoms with Gasteiger partial charge in [-0.15, -0.1) is 5.10 Å². The van der Waals surface area contributed by atoms with Crippen molar-refractivity contribution >= 4 is 17.7 Å². The molecule has 1 fully saturated rings. The fourth-order valence-corrected chi connectivity index (χ4v) is 2.20. The number of thioether (sulfide) groups is 1. The average Bonchev–Trinajstić information content (AvgIpc) is 2.95. The number of nitrogens with two attached hydrogens (primary N) is 1. The van der Waals surface area contributed by atoms with Crippen molar-refractivity contribution in [2.24, 2.45) is 5.73 Å². The molecule has 0 bridgehead atoms. The summed E-state index contributed by atoms with van der Waals surface area (Å²) in [5, 5.41) is 11.9. The van der Waals surface area contributed by atoms with Crippen LogP contribution in [0.2, 0.25) is 0 Å². The maximum Gasteiger partial charge on any atom is 0.231 e. The molecule has 7 heteroatoms. The molecule has 2 N–H and O–H groups in total. The van der Waals surface area contributed by atoms with Crippen molar-refractivity contribution < 1.29 is 4.79 Å². The number of carbonyl (C=O) groups is 1. The molecule has 0 aromatic carbocycles. The van der Waals surface area contributed by atoms with Gasteiger partial charge in [-0.05, 0) is 29.7 Å². The van der Waals surface area contributed by atoms with Gasteiger partial charge in [-0.3, -0.25) is 4.79 Å². The molecule has 0 radical (unpaired) electrons. The van der Waals surface area contributed by atoms with E-state index >= 15 is 0 Å². The van der Waals surface area contributed by atoms with Crippen LogP contribution in [0.25, 0.3) is 0 Å². The van der Waals surface area contributed by atoms with Crippen molar-refractivity contribution in [3.63, 3.8) is 0 Å². The van der Waals surface area contributed by atoms with Crippen LogP contribution in [0, 0.1) is 0 Å². The van der Waals surface area contributed by atoms with E-state index in [0.717, 1.165) is 12.8 Å². The predicted molar refractivity (Wildman–Crippen MR) is 55.2 cm³/mol. The molecule has 1 amide bonds. The van der Waals surface area contributed by atoms with Gasteiger partial charge >= 0.3 is 0 Å². The van der Waals surface area contributed by atoms with Gasteiger partial charge in [0.2, 0.25) is 11.1 Å². The Labute approximate surface area is 91.6 Å². The lowest BCUT2D eigenvalue weighted by Gasteiger charge is -2.09. The number of rotatable bonds is 5. The number of hydrogen-bond acceptors (Lipinski definition) is 5. The summed E-state index contributed by atoms with van der Waals surface area (Å²) >= 11 is 1.35. The first-order chi connectivity index (χ1) is 7.22. The average molecular weight is 227 g/mol. The second-order valence-electron chi connectivity index (χ2n) is 3.55. The van der Waals surface area contributed by atoms with E-state index in [1.807, 2.05) is 6.92 Å². The summed E-state index contributed by atoms with van der Waals surface area (Å²) in [4.78, 5) is 11.1. The smallest absolute Gasteiger partial charge is 0.231 e. The van der Waals surface area contributed by atoms with Crippen LogP contribution in [0.1, 0.15) is 32.2 Å². The summed E-state index contributed by atoms with van der Waals surface area (Å²) in [5.41, 5.74) is 5.27. The molecule has 1 heterocycles. The first-order valence-corrected chi connectivity index (χ1v) is 5.84. The van der Waals surface area contributed by atoms with Crippen LogP contribution in [-0.4, -0.2) is 31.4 Å². The van der Waals surface area contributed by atoms with Crippen molar-refractivity contribution in [1.29, 1.82) is 0 Å². The van der Waals surface area contributed by atoms with Gasteiger partial charge in [0.15, 0.2) is 0 Å². The molecular formula is C8H13N5OS. The van der Waals surface area contributed by atoms with E-state index < -0.39 is 0 Å². The summed E-state index contributed by atoms with van der Waals surface area (Å²) in [6.07, 6.45) is 2.93. The van der Waals surface area contributed by atoms with Crippen LogP contribution in [0.15, 0.2) is 5.16 Å². The van der Waals surface area contributed by atoms with E-state index in [0.29, 0.717) is 17.6 Å². The molecule has 1 atom stereocenters. The molecule has 1 aliphatic rings. The number of hydrogen-bond donors (Lipinski definition) is 1. The molecule has 0 spiro atoms. The SMILES string of the molecule is CCC(Sc1nnnn1C1CC1)C(N)=O. The van der Waals surface area contributed by atoms with E-state index in [1.165, 1.54) is 11.8 Å². The second kappa shape index (κ2) is 4.18. The van der Waals surface area contributed by atoms with Gasteiger partial charge in [-0.2, -0.15) is 0 Å². The zero-order valence-electron chi connectivity index (χ0n) is 8.46. The summed E-state index contributed by atoms with van der Waals surface area (Å²) in [7, 11) is 0. The van der Waals surface area contributed by atoms with Crippen molar-refractivity contribution in [2.45, 2.75) is 42.6 Å². The Morgan fingerprint density at radius 1 is 1.73 bits per heavy atom. The third kappa shape index (κ3) is 2.28. The Hall–Kier alpha value is -1.11. The molecule has 0 aliphatic heterocycles. The lowest BCUT2D eigenvalue weighted by atomic mass is 10.3. The topological polar surface area (TPSA) is 86.7 Å².